The molecular formula is C18H23FN2O4S. The molecule has 3 amide bonds. The van der Waals surface area contributed by atoms with E-state index < -0.39 is 18.0 Å². The zero-order valence-electron chi connectivity index (χ0n) is 14.9. The Labute approximate surface area is 156 Å². The number of allylic oxidation sites excluding steroid dienone is 1. The molecular weight excluding hydrogens is 359 g/mol. The van der Waals surface area contributed by atoms with Gasteiger partial charge in [-0.15, -0.1) is 17.5 Å². The molecule has 0 bridgehead atoms. The predicted molar refractivity (Wildman–Crippen MR) is 96.0 cm³/mol. The van der Waals surface area contributed by atoms with Crippen LogP contribution >= 0.6 is 11.8 Å². The molecule has 0 aromatic carbocycles. The summed E-state index contributed by atoms with van der Waals surface area (Å²) in [6.07, 6.45) is 1.35. The van der Waals surface area contributed by atoms with Crippen molar-refractivity contribution >= 4 is 23.7 Å². The number of carbonyl (C=O) groups excluding carboxylic acids is 2. The van der Waals surface area contributed by atoms with Crippen molar-refractivity contribution < 1.29 is 23.5 Å². The van der Waals surface area contributed by atoms with Gasteiger partial charge in [-0.1, -0.05) is 6.58 Å². The number of nitrogens with zero attached hydrogens (tertiary/aromatic N) is 2. The van der Waals surface area contributed by atoms with Crippen molar-refractivity contribution in [3.63, 3.8) is 0 Å². The van der Waals surface area contributed by atoms with E-state index in [9.17, 15) is 14.0 Å². The molecule has 0 aromatic heterocycles. The van der Waals surface area contributed by atoms with Crippen molar-refractivity contribution in [2.24, 2.45) is 5.92 Å². The van der Waals surface area contributed by atoms with Gasteiger partial charge in [-0.3, -0.25) is 14.1 Å². The number of epoxide rings is 1. The maximum absolute atomic E-state index is 13.0. The number of rotatable bonds is 8. The van der Waals surface area contributed by atoms with Crippen molar-refractivity contribution in [2.45, 2.75) is 38.0 Å². The largest absolute Gasteiger partial charge is 0.350 e. The zero-order valence-corrected chi connectivity index (χ0v) is 15.8. The molecule has 26 heavy (non-hydrogen) atoms. The maximum atomic E-state index is 13.0. The normalized spacial score (nSPS) is 30.6. The smallest absolute Gasteiger partial charge is 0.327 e. The van der Waals surface area contributed by atoms with Gasteiger partial charge >= 0.3 is 6.03 Å². The lowest BCUT2D eigenvalue weighted by molar-refractivity contribution is -0.134. The molecule has 0 radical (unpaired) electrons. The van der Waals surface area contributed by atoms with Crippen molar-refractivity contribution in [1.29, 1.82) is 0 Å². The number of urea groups is 1. The van der Waals surface area contributed by atoms with E-state index in [4.69, 9.17) is 9.47 Å². The van der Waals surface area contributed by atoms with Crippen LogP contribution in [0.25, 0.3) is 0 Å². The van der Waals surface area contributed by atoms with E-state index in [1.54, 1.807) is 17.9 Å². The van der Waals surface area contributed by atoms with Crippen LogP contribution in [0, 0.1) is 5.92 Å². The van der Waals surface area contributed by atoms with E-state index in [-0.39, 0.29) is 43.8 Å². The number of amides is 3. The van der Waals surface area contributed by atoms with E-state index in [1.807, 2.05) is 6.92 Å². The van der Waals surface area contributed by atoms with Crippen LogP contribution in [-0.2, 0) is 14.3 Å². The minimum Gasteiger partial charge on any atom is -0.350 e. The highest BCUT2D eigenvalue weighted by atomic mass is 32.2. The Bertz CT molecular complexity index is 676. The number of hydrogen-bond donors (Lipinski definition) is 0. The average molecular weight is 382 g/mol. The van der Waals surface area contributed by atoms with E-state index in [0.717, 1.165) is 10.5 Å². The lowest BCUT2D eigenvalue weighted by Crippen LogP contribution is -2.60. The summed E-state index contributed by atoms with van der Waals surface area (Å²) >= 11 is 1.43. The van der Waals surface area contributed by atoms with Crippen LogP contribution in [0.2, 0.25) is 0 Å². The van der Waals surface area contributed by atoms with Crippen LogP contribution in [0.1, 0.15) is 20.3 Å². The number of alkyl halides is 1. The summed E-state index contributed by atoms with van der Waals surface area (Å²) in [4.78, 5) is 29.4. The van der Waals surface area contributed by atoms with Gasteiger partial charge in [-0.2, -0.15) is 0 Å². The third-order valence-corrected chi connectivity index (χ3v) is 6.11. The second-order valence-corrected chi connectivity index (χ2v) is 7.29. The summed E-state index contributed by atoms with van der Waals surface area (Å²) in [5.74, 6) is -0.760. The summed E-state index contributed by atoms with van der Waals surface area (Å²) in [5.41, 5.74) is 3.52. The SMILES string of the molecule is C=C=CC1=C(C2OC2OCC)SC2C1C(=O)N(CC)C(=O)N2CCCF. The Morgan fingerprint density at radius 2 is 2.19 bits per heavy atom. The molecule has 2 saturated heterocycles. The first-order valence-electron chi connectivity index (χ1n) is 8.80. The third-order valence-electron chi connectivity index (χ3n) is 4.62. The fourth-order valence-corrected chi connectivity index (χ4v) is 5.02. The third kappa shape index (κ3) is 3.22. The first-order chi connectivity index (χ1) is 12.6. The van der Waals surface area contributed by atoms with Crippen molar-refractivity contribution in [1.82, 2.24) is 9.80 Å². The number of hydrogen-bond acceptors (Lipinski definition) is 5. The molecule has 4 atom stereocenters. The van der Waals surface area contributed by atoms with Crippen LogP contribution in [0.15, 0.2) is 28.9 Å². The van der Waals surface area contributed by atoms with Gasteiger partial charge in [0.2, 0.25) is 5.91 Å². The molecule has 3 heterocycles. The van der Waals surface area contributed by atoms with E-state index in [0.29, 0.717) is 6.61 Å². The topological polar surface area (TPSA) is 62.4 Å². The molecule has 0 N–H and O–H groups in total. The van der Waals surface area contributed by atoms with Crippen molar-refractivity contribution in [3.8, 4) is 0 Å². The van der Waals surface area contributed by atoms with Crippen LogP contribution in [0.5, 0.6) is 0 Å². The van der Waals surface area contributed by atoms with Crippen LogP contribution < -0.4 is 0 Å². The van der Waals surface area contributed by atoms with E-state index in [2.05, 4.69) is 12.3 Å². The highest BCUT2D eigenvalue weighted by Gasteiger charge is 2.56. The van der Waals surface area contributed by atoms with Gasteiger partial charge in [-0.25, -0.2) is 4.79 Å². The fourth-order valence-electron chi connectivity index (χ4n) is 3.42. The zero-order chi connectivity index (χ0) is 18.8. The maximum Gasteiger partial charge on any atom is 0.327 e. The molecule has 3 aliphatic rings. The van der Waals surface area contributed by atoms with Crippen LogP contribution in [0.3, 0.4) is 0 Å². The first kappa shape index (κ1) is 19.2. The van der Waals surface area contributed by atoms with Gasteiger partial charge in [-0.05, 0) is 31.9 Å². The number of fused-ring (bicyclic) bond motifs is 1. The molecule has 0 aliphatic carbocycles. The molecule has 3 aliphatic heterocycles. The monoisotopic (exact) mass is 382 g/mol. The summed E-state index contributed by atoms with van der Waals surface area (Å²) in [6.45, 7) is 7.84. The van der Waals surface area contributed by atoms with Gasteiger partial charge in [0, 0.05) is 24.6 Å². The summed E-state index contributed by atoms with van der Waals surface area (Å²) < 4.78 is 23.8. The molecule has 0 aromatic rings. The molecule has 8 heteroatoms. The molecule has 142 valence electrons. The van der Waals surface area contributed by atoms with E-state index in [1.165, 1.54) is 16.7 Å². The minimum atomic E-state index is -0.520. The lowest BCUT2D eigenvalue weighted by atomic mass is 9.93. The van der Waals surface area contributed by atoms with Crippen LogP contribution in [0.4, 0.5) is 9.18 Å². The second-order valence-electron chi connectivity index (χ2n) is 6.14. The Hall–Kier alpha value is -1.60. The van der Waals surface area contributed by atoms with Gasteiger partial charge in [0.05, 0.1) is 18.0 Å². The molecule has 3 rings (SSSR count). The van der Waals surface area contributed by atoms with Gasteiger partial charge in [0.25, 0.3) is 0 Å². The number of imide groups is 1. The molecule has 0 spiro atoms. The molecule has 6 nitrogen and oxygen atoms in total. The summed E-state index contributed by atoms with van der Waals surface area (Å²) in [7, 11) is 0. The Morgan fingerprint density at radius 3 is 2.81 bits per heavy atom. The Balaban J connectivity index is 1.95. The first-order valence-corrected chi connectivity index (χ1v) is 9.68. The van der Waals surface area contributed by atoms with Gasteiger partial charge < -0.3 is 14.4 Å². The Morgan fingerprint density at radius 1 is 1.42 bits per heavy atom. The molecule has 2 fully saturated rings. The lowest BCUT2D eigenvalue weighted by Gasteiger charge is -2.41. The highest BCUT2D eigenvalue weighted by Crippen LogP contribution is 2.52. The number of halogens is 1. The highest BCUT2D eigenvalue weighted by molar-refractivity contribution is 8.04. The van der Waals surface area contributed by atoms with Crippen molar-refractivity contribution in [2.75, 3.05) is 26.4 Å². The average Bonchev–Trinajstić information content (AvgIpc) is 3.28. The minimum absolute atomic E-state index is 0.239. The van der Waals surface area contributed by atoms with Crippen molar-refractivity contribution in [3.05, 3.63) is 28.9 Å². The Kier molecular flexibility index (Phi) is 5.87. The second kappa shape index (κ2) is 7.96. The van der Waals surface area contributed by atoms with E-state index >= 15 is 0 Å². The quantitative estimate of drug-likeness (QED) is 0.477. The number of thioether (sulfide) groups is 1. The van der Waals surface area contributed by atoms with Gasteiger partial charge in [0.1, 0.15) is 6.10 Å². The van der Waals surface area contributed by atoms with Gasteiger partial charge in [0.15, 0.2) is 6.29 Å². The standard InChI is InChI=1S/C18H23FN2O4S/c1-4-8-11-12-15(22)20(5-2)18(23)21(10-7-9-19)16(12)26-14(11)13-17(25-13)24-6-3/h8,12-13,16-17H,1,5-7,9-10H2,2-3H3. The number of ether oxygens (including phenoxy) is 2. The predicted octanol–water partition coefficient (Wildman–Crippen LogP) is 2.68. The molecule has 0 saturated carbocycles. The summed E-state index contributed by atoms with van der Waals surface area (Å²) in [6, 6.07) is -0.360. The van der Waals surface area contributed by atoms with Crippen LogP contribution in [-0.4, -0.2) is 65.9 Å². The number of carbonyl (C=O) groups is 2. The summed E-state index contributed by atoms with van der Waals surface area (Å²) in [5, 5.41) is -0.398. The fraction of sp³-hybridized carbons (Fsp3) is 0.611. The molecule has 4 unspecified atom stereocenters.